The summed E-state index contributed by atoms with van der Waals surface area (Å²) in [5.74, 6) is 0.133. The fraction of sp³-hybridized carbons (Fsp3) is 0.160. The zero-order valence-electron chi connectivity index (χ0n) is 18.2. The number of thioether (sulfide) groups is 1. The first-order chi connectivity index (χ1) is 16.1. The topological polar surface area (TPSA) is 93.3 Å². The Labute approximate surface area is 195 Å². The number of esters is 1. The van der Waals surface area contributed by atoms with Crippen LogP contribution in [0.25, 0.3) is 11.0 Å². The predicted octanol–water partition coefficient (Wildman–Crippen LogP) is 5.22. The Morgan fingerprint density at radius 1 is 1.06 bits per heavy atom. The first-order valence-electron chi connectivity index (χ1n) is 10.4. The first-order valence-corrected chi connectivity index (χ1v) is 11.3. The summed E-state index contributed by atoms with van der Waals surface area (Å²) >= 11 is 1.33. The van der Waals surface area contributed by atoms with E-state index >= 15 is 0 Å². The summed E-state index contributed by atoms with van der Waals surface area (Å²) in [6.07, 6.45) is 0. The fourth-order valence-corrected chi connectivity index (χ4v) is 4.27. The van der Waals surface area contributed by atoms with Crippen molar-refractivity contribution in [2.75, 3.05) is 19.0 Å². The lowest BCUT2D eigenvalue weighted by Crippen LogP contribution is -2.19. The number of anilines is 1. The van der Waals surface area contributed by atoms with Gasteiger partial charge in [-0.15, -0.1) is 0 Å². The summed E-state index contributed by atoms with van der Waals surface area (Å²) < 4.78 is 10.3. The van der Waals surface area contributed by atoms with Gasteiger partial charge >= 0.3 is 5.97 Å². The van der Waals surface area contributed by atoms with Gasteiger partial charge in [-0.2, -0.15) is 0 Å². The molecular weight excluding hydrogens is 438 g/mol. The molecular formula is C25H23N3O4S. The van der Waals surface area contributed by atoms with Crippen LogP contribution in [-0.4, -0.2) is 35.6 Å². The van der Waals surface area contributed by atoms with Crippen LogP contribution in [0.3, 0.4) is 0 Å². The van der Waals surface area contributed by atoms with Gasteiger partial charge in [0.05, 0.1) is 30.3 Å². The first kappa shape index (κ1) is 22.4. The van der Waals surface area contributed by atoms with Crippen molar-refractivity contribution in [1.29, 1.82) is 0 Å². The third-order valence-corrected chi connectivity index (χ3v) is 6.04. The SMILES string of the molecule is CCOC(=O)c1ccc(NC(=O)C(Sc2nc3ccc(OC)cc3[nH]2)c2ccccc2)cc1. The van der Waals surface area contributed by atoms with Crippen molar-refractivity contribution in [2.24, 2.45) is 0 Å². The van der Waals surface area contributed by atoms with E-state index in [0.29, 0.717) is 23.0 Å². The van der Waals surface area contributed by atoms with Gasteiger partial charge < -0.3 is 19.8 Å². The lowest BCUT2D eigenvalue weighted by molar-refractivity contribution is -0.115. The second-order valence-corrected chi connectivity index (χ2v) is 8.21. The van der Waals surface area contributed by atoms with Crippen LogP contribution in [0.2, 0.25) is 0 Å². The number of nitrogens with zero attached hydrogens (tertiary/aromatic N) is 1. The standard InChI is InChI=1S/C25H23N3O4S/c1-3-32-24(30)17-9-11-18(12-10-17)26-23(29)22(16-7-5-4-6-8-16)33-25-27-20-14-13-19(31-2)15-21(20)28-25/h4-15,22H,3H2,1-2H3,(H,26,29)(H,27,28). The molecule has 0 radical (unpaired) electrons. The molecule has 1 heterocycles. The zero-order chi connectivity index (χ0) is 23.2. The maximum atomic E-state index is 13.3. The van der Waals surface area contributed by atoms with E-state index in [0.717, 1.165) is 22.3 Å². The Kier molecular flexibility index (Phi) is 6.95. The molecule has 1 aromatic heterocycles. The van der Waals surface area contributed by atoms with Gasteiger partial charge in [-0.1, -0.05) is 42.1 Å². The fourth-order valence-electron chi connectivity index (χ4n) is 3.27. The van der Waals surface area contributed by atoms with E-state index in [2.05, 4.69) is 15.3 Å². The molecule has 1 unspecified atom stereocenters. The molecule has 4 rings (SSSR count). The largest absolute Gasteiger partial charge is 0.497 e. The highest BCUT2D eigenvalue weighted by molar-refractivity contribution is 8.00. The average molecular weight is 462 g/mol. The highest BCUT2D eigenvalue weighted by atomic mass is 32.2. The number of hydrogen-bond donors (Lipinski definition) is 2. The Morgan fingerprint density at radius 2 is 1.82 bits per heavy atom. The number of aromatic amines is 1. The minimum atomic E-state index is -0.543. The Balaban J connectivity index is 1.56. The third kappa shape index (κ3) is 5.35. The molecule has 7 nitrogen and oxygen atoms in total. The lowest BCUT2D eigenvalue weighted by Gasteiger charge is -2.16. The molecule has 0 saturated carbocycles. The minimum Gasteiger partial charge on any atom is -0.497 e. The van der Waals surface area contributed by atoms with Crippen molar-refractivity contribution in [1.82, 2.24) is 9.97 Å². The molecule has 0 spiro atoms. The number of carbonyl (C=O) groups is 2. The summed E-state index contributed by atoms with van der Waals surface area (Å²) in [6.45, 7) is 2.06. The van der Waals surface area contributed by atoms with Gasteiger partial charge in [0.15, 0.2) is 5.16 Å². The number of aromatic nitrogens is 2. The highest BCUT2D eigenvalue weighted by Crippen LogP contribution is 2.36. The lowest BCUT2D eigenvalue weighted by atomic mass is 10.1. The summed E-state index contributed by atoms with van der Waals surface area (Å²) in [5.41, 5.74) is 3.49. The van der Waals surface area contributed by atoms with Crippen LogP contribution in [-0.2, 0) is 9.53 Å². The summed E-state index contributed by atoms with van der Waals surface area (Å²) in [6, 6.07) is 21.7. The normalized spacial score (nSPS) is 11.7. The van der Waals surface area contributed by atoms with Crippen LogP contribution in [0.1, 0.15) is 28.1 Å². The molecule has 0 aliphatic carbocycles. The van der Waals surface area contributed by atoms with Crippen LogP contribution in [0.4, 0.5) is 5.69 Å². The Bertz CT molecular complexity index is 1260. The van der Waals surface area contributed by atoms with Gasteiger partial charge in [-0.3, -0.25) is 4.79 Å². The molecule has 1 atom stereocenters. The molecule has 8 heteroatoms. The number of methoxy groups -OCH3 is 1. The molecule has 4 aromatic rings. The monoisotopic (exact) mass is 461 g/mol. The van der Waals surface area contributed by atoms with Crippen molar-refractivity contribution >= 4 is 40.4 Å². The van der Waals surface area contributed by atoms with E-state index < -0.39 is 11.2 Å². The molecule has 0 aliphatic rings. The van der Waals surface area contributed by atoms with Crippen molar-refractivity contribution in [3.05, 3.63) is 83.9 Å². The number of benzene rings is 3. The molecule has 0 bridgehead atoms. The van der Waals surface area contributed by atoms with Crippen molar-refractivity contribution in [2.45, 2.75) is 17.3 Å². The van der Waals surface area contributed by atoms with Crippen molar-refractivity contribution in [3.8, 4) is 5.75 Å². The average Bonchev–Trinajstić information content (AvgIpc) is 3.25. The summed E-state index contributed by atoms with van der Waals surface area (Å²) in [4.78, 5) is 33.0. The van der Waals surface area contributed by atoms with Crippen molar-refractivity contribution < 1.29 is 19.1 Å². The Morgan fingerprint density at radius 3 is 2.52 bits per heavy atom. The molecule has 0 saturated heterocycles. The van der Waals surface area contributed by atoms with Crippen LogP contribution < -0.4 is 10.1 Å². The molecule has 0 fully saturated rings. The number of rotatable bonds is 8. The Hall–Kier alpha value is -3.78. The number of imidazole rings is 1. The van der Waals surface area contributed by atoms with Gasteiger partial charge in [-0.05, 0) is 48.9 Å². The second-order valence-electron chi connectivity index (χ2n) is 7.12. The number of ether oxygens (including phenoxy) is 2. The number of nitrogens with one attached hydrogen (secondary N) is 2. The van der Waals surface area contributed by atoms with Gasteiger partial charge in [0, 0.05) is 11.8 Å². The van der Waals surface area contributed by atoms with E-state index in [1.165, 1.54) is 11.8 Å². The maximum absolute atomic E-state index is 13.3. The number of hydrogen-bond acceptors (Lipinski definition) is 6. The van der Waals surface area contributed by atoms with Crippen molar-refractivity contribution in [3.63, 3.8) is 0 Å². The van der Waals surface area contributed by atoms with E-state index in [9.17, 15) is 9.59 Å². The molecule has 0 aliphatic heterocycles. The quantitative estimate of drug-likeness (QED) is 0.276. The molecule has 2 N–H and O–H groups in total. The van der Waals surface area contributed by atoms with Crippen LogP contribution in [0, 0.1) is 0 Å². The van der Waals surface area contributed by atoms with E-state index in [4.69, 9.17) is 9.47 Å². The van der Waals surface area contributed by atoms with Crippen LogP contribution in [0.15, 0.2) is 78.0 Å². The van der Waals surface area contributed by atoms with E-state index in [-0.39, 0.29) is 5.91 Å². The third-order valence-electron chi connectivity index (χ3n) is 4.90. The second kappa shape index (κ2) is 10.2. The van der Waals surface area contributed by atoms with Crippen LogP contribution >= 0.6 is 11.8 Å². The number of amides is 1. The summed E-state index contributed by atoms with van der Waals surface area (Å²) in [5, 5.41) is 3.02. The van der Waals surface area contributed by atoms with Gasteiger partial charge in [0.2, 0.25) is 5.91 Å². The van der Waals surface area contributed by atoms with Gasteiger partial charge in [-0.25, -0.2) is 9.78 Å². The molecule has 168 valence electrons. The van der Waals surface area contributed by atoms with Crippen LogP contribution in [0.5, 0.6) is 5.75 Å². The van der Waals surface area contributed by atoms with E-state index in [1.807, 2.05) is 48.5 Å². The summed E-state index contributed by atoms with van der Waals surface area (Å²) in [7, 11) is 1.61. The van der Waals surface area contributed by atoms with Gasteiger partial charge in [0.25, 0.3) is 0 Å². The molecule has 33 heavy (non-hydrogen) atoms. The van der Waals surface area contributed by atoms with Gasteiger partial charge in [0.1, 0.15) is 11.0 Å². The predicted molar refractivity (Wildman–Crippen MR) is 129 cm³/mol. The highest BCUT2D eigenvalue weighted by Gasteiger charge is 2.24. The number of fused-ring (bicyclic) bond motifs is 1. The minimum absolute atomic E-state index is 0.201. The maximum Gasteiger partial charge on any atom is 0.338 e. The molecule has 3 aromatic carbocycles. The molecule has 1 amide bonds. The number of carbonyl (C=O) groups excluding carboxylic acids is 2. The number of H-pyrrole nitrogens is 1. The van der Waals surface area contributed by atoms with E-state index in [1.54, 1.807) is 38.3 Å². The zero-order valence-corrected chi connectivity index (χ0v) is 19.0. The smallest absolute Gasteiger partial charge is 0.338 e.